The van der Waals surface area contributed by atoms with Crippen LogP contribution in [0.3, 0.4) is 0 Å². The lowest BCUT2D eigenvalue weighted by atomic mass is 10.1. The van der Waals surface area contributed by atoms with Gasteiger partial charge < -0.3 is 9.88 Å². The fourth-order valence-corrected chi connectivity index (χ4v) is 1.94. The minimum absolute atomic E-state index is 0.174. The fourth-order valence-electron chi connectivity index (χ4n) is 1.94. The summed E-state index contributed by atoms with van der Waals surface area (Å²) < 4.78 is 0. The lowest BCUT2D eigenvalue weighted by molar-refractivity contribution is 0.0762. The summed E-state index contributed by atoms with van der Waals surface area (Å²) in [6, 6.07) is 9.23. The number of fused-ring (bicyclic) bond motifs is 1. The number of hydrogen-bond acceptors (Lipinski definition) is 4. The van der Waals surface area contributed by atoms with E-state index in [1.807, 2.05) is 12.1 Å². The number of carbonyl (C=O) groups excluding carboxylic acids is 1. The monoisotopic (exact) mass is 267 g/mol. The summed E-state index contributed by atoms with van der Waals surface area (Å²) in [4.78, 5) is 21.0. The Bertz CT molecular complexity index is 673. The zero-order valence-corrected chi connectivity index (χ0v) is 10.8. The quantitative estimate of drug-likeness (QED) is 0.893. The Balaban J connectivity index is 2.20. The molecule has 0 saturated carbocycles. The smallest absolute Gasteiger partial charge is 0.253 e. The number of H-pyrrole nitrogens is 1. The molecule has 1 aromatic carbocycles. The minimum Gasteiger partial charge on any atom is -0.345 e. The van der Waals surface area contributed by atoms with Crippen LogP contribution in [0.25, 0.3) is 11.0 Å². The van der Waals surface area contributed by atoms with Gasteiger partial charge in [0.25, 0.3) is 5.91 Å². The lowest BCUT2D eigenvalue weighted by Gasteiger charge is -2.20. The van der Waals surface area contributed by atoms with Crippen LogP contribution < -0.4 is 0 Å². The molecule has 1 aromatic heterocycles. The molecule has 1 amide bonds. The number of amides is 1. The van der Waals surface area contributed by atoms with Gasteiger partial charge in [-0.3, -0.25) is 4.79 Å². The molecule has 0 saturated heterocycles. The number of nitrogens with one attached hydrogen (secondary N) is 1. The van der Waals surface area contributed by atoms with Crippen molar-refractivity contribution in [1.29, 1.82) is 10.5 Å². The number of carbonyl (C=O) groups is 1. The first-order valence-corrected chi connectivity index (χ1v) is 6.22. The van der Waals surface area contributed by atoms with Gasteiger partial charge in [-0.25, -0.2) is 4.98 Å². The van der Waals surface area contributed by atoms with Gasteiger partial charge in [-0.05, 0) is 18.2 Å². The van der Waals surface area contributed by atoms with Crippen molar-refractivity contribution in [3.05, 3.63) is 30.1 Å². The molecule has 0 bridgehead atoms. The number of nitriles is 2. The first-order valence-electron chi connectivity index (χ1n) is 6.22. The van der Waals surface area contributed by atoms with Crippen LogP contribution in [0.4, 0.5) is 0 Å². The normalized spacial score (nSPS) is 9.90. The molecule has 0 aliphatic rings. The largest absolute Gasteiger partial charge is 0.345 e. The van der Waals surface area contributed by atoms with Crippen LogP contribution in [-0.2, 0) is 0 Å². The molecule has 20 heavy (non-hydrogen) atoms. The standard InChI is InChI=1S/C14H13N5O/c15-5-1-7-19(8-2-6-16)14(20)11-3-4-12-13(9-11)18-10-17-12/h3-4,9-10H,1-2,7-8H2,(H,17,18). The number of benzene rings is 1. The maximum Gasteiger partial charge on any atom is 0.253 e. The molecule has 0 fully saturated rings. The Morgan fingerprint density at radius 1 is 1.25 bits per heavy atom. The number of nitrogens with zero attached hydrogens (tertiary/aromatic N) is 4. The van der Waals surface area contributed by atoms with Gasteiger partial charge in [0.1, 0.15) is 0 Å². The van der Waals surface area contributed by atoms with Crippen molar-refractivity contribution in [2.75, 3.05) is 13.1 Å². The van der Waals surface area contributed by atoms with Crippen LogP contribution in [0.2, 0.25) is 0 Å². The van der Waals surface area contributed by atoms with E-state index in [9.17, 15) is 4.79 Å². The molecule has 2 aromatic rings. The van der Waals surface area contributed by atoms with E-state index < -0.39 is 0 Å². The highest BCUT2D eigenvalue weighted by Gasteiger charge is 2.15. The lowest BCUT2D eigenvalue weighted by Crippen LogP contribution is -2.32. The first-order chi connectivity index (χ1) is 9.76. The average Bonchev–Trinajstić information content (AvgIpc) is 2.94. The zero-order valence-electron chi connectivity index (χ0n) is 10.8. The Morgan fingerprint density at radius 2 is 1.95 bits per heavy atom. The highest BCUT2D eigenvalue weighted by Crippen LogP contribution is 2.14. The topological polar surface area (TPSA) is 96.6 Å². The van der Waals surface area contributed by atoms with Crippen molar-refractivity contribution in [3.8, 4) is 12.1 Å². The van der Waals surface area contributed by atoms with Crippen molar-refractivity contribution in [2.45, 2.75) is 12.8 Å². The molecular weight excluding hydrogens is 254 g/mol. The van der Waals surface area contributed by atoms with Crippen LogP contribution in [-0.4, -0.2) is 33.9 Å². The van der Waals surface area contributed by atoms with Crippen LogP contribution in [0.5, 0.6) is 0 Å². The molecule has 0 aliphatic carbocycles. The summed E-state index contributed by atoms with van der Waals surface area (Å²) in [6.07, 6.45) is 2.08. The van der Waals surface area contributed by atoms with Crippen LogP contribution in [0.15, 0.2) is 24.5 Å². The molecule has 0 atom stereocenters. The molecule has 100 valence electrons. The van der Waals surface area contributed by atoms with Gasteiger partial charge in [0.05, 0.1) is 42.3 Å². The highest BCUT2D eigenvalue weighted by atomic mass is 16.2. The third-order valence-corrected chi connectivity index (χ3v) is 2.94. The molecule has 1 N–H and O–H groups in total. The number of aromatic amines is 1. The predicted molar refractivity (Wildman–Crippen MR) is 72.5 cm³/mol. The van der Waals surface area contributed by atoms with Gasteiger partial charge in [-0.1, -0.05) is 0 Å². The second kappa shape index (κ2) is 6.35. The van der Waals surface area contributed by atoms with E-state index in [2.05, 4.69) is 9.97 Å². The van der Waals surface area contributed by atoms with Gasteiger partial charge >= 0.3 is 0 Å². The van der Waals surface area contributed by atoms with E-state index in [1.165, 1.54) is 4.90 Å². The van der Waals surface area contributed by atoms with E-state index in [0.717, 1.165) is 11.0 Å². The minimum atomic E-state index is -0.174. The Hall–Kier alpha value is -2.86. The third-order valence-electron chi connectivity index (χ3n) is 2.94. The summed E-state index contributed by atoms with van der Waals surface area (Å²) in [6.45, 7) is 0.663. The van der Waals surface area contributed by atoms with E-state index in [1.54, 1.807) is 24.5 Å². The van der Waals surface area contributed by atoms with Crippen molar-refractivity contribution in [1.82, 2.24) is 14.9 Å². The second-order valence-electron chi connectivity index (χ2n) is 4.24. The van der Waals surface area contributed by atoms with Gasteiger partial charge in [0.15, 0.2) is 0 Å². The molecule has 6 heteroatoms. The predicted octanol–water partition coefficient (Wildman–Crippen LogP) is 1.83. The van der Waals surface area contributed by atoms with Crippen LogP contribution >= 0.6 is 0 Å². The van der Waals surface area contributed by atoms with Gasteiger partial charge in [0, 0.05) is 18.7 Å². The van der Waals surface area contributed by atoms with Gasteiger partial charge in [-0.2, -0.15) is 10.5 Å². The van der Waals surface area contributed by atoms with Crippen molar-refractivity contribution in [3.63, 3.8) is 0 Å². The molecular formula is C14H13N5O. The summed E-state index contributed by atoms with van der Waals surface area (Å²) >= 11 is 0. The number of hydrogen-bond donors (Lipinski definition) is 1. The first kappa shape index (κ1) is 13.6. The number of rotatable bonds is 5. The molecule has 0 radical (unpaired) electrons. The van der Waals surface area contributed by atoms with E-state index in [0.29, 0.717) is 18.7 Å². The van der Waals surface area contributed by atoms with Gasteiger partial charge in [-0.15, -0.1) is 0 Å². The molecule has 0 aliphatic heterocycles. The number of aromatic nitrogens is 2. The molecule has 0 spiro atoms. The number of imidazole rings is 1. The molecule has 2 rings (SSSR count). The maximum atomic E-state index is 12.4. The van der Waals surface area contributed by atoms with Crippen molar-refractivity contribution >= 4 is 16.9 Å². The van der Waals surface area contributed by atoms with Crippen molar-refractivity contribution < 1.29 is 4.79 Å². The van der Waals surface area contributed by atoms with E-state index in [-0.39, 0.29) is 18.7 Å². The highest BCUT2D eigenvalue weighted by molar-refractivity contribution is 5.97. The summed E-state index contributed by atoms with van der Waals surface area (Å²) in [5, 5.41) is 17.3. The van der Waals surface area contributed by atoms with E-state index in [4.69, 9.17) is 10.5 Å². The summed E-state index contributed by atoms with van der Waals surface area (Å²) in [5.41, 5.74) is 2.11. The third kappa shape index (κ3) is 2.93. The SMILES string of the molecule is N#CCCN(CCC#N)C(=O)c1ccc2nc[nH]c2c1. The molecule has 6 nitrogen and oxygen atoms in total. The summed E-state index contributed by atoms with van der Waals surface area (Å²) in [5.74, 6) is -0.174. The molecule has 1 heterocycles. The second-order valence-corrected chi connectivity index (χ2v) is 4.24. The Morgan fingerprint density at radius 3 is 2.60 bits per heavy atom. The van der Waals surface area contributed by atoms with E-state index >= 15 is 0 Å². The maximum absolute atomic E-state index is 12.4. The average molecular weight is 267 g/mol. The van der Waals surface area contributed by atoms with Crippen molar-refractivity contribution in [2.24, 2.45) is 0 Å². The fraction of sp³-hybridized carbons (Fsp3) is 0.286. The Kier molecular flexibility index (Phi) is 4.31. The molecule has 0 unspecified atom stereocenters. The van der Waals surface area contributed by atoms with Crippen LogP contribution in [0.1, 0.15) is 23.2 Å². The Labute approximate surface area is 116 Å². The van der Waals surface area contributed by atoms with Gasteiger partial charge in [0.2, 0.25) is 0 Å². The zero-order chi connectivity index (χ0) is 14.4. The van der Waals surface area contributed by atoms with Crippen LogP contribution in [0, 0.1) is 22.7 Å². The summed E-state index contributed by atoms with van der Waals surface area (Å²) in [7, 11) is 0.